The number of benzene rings is 2. The van der Waals surface area contributed by atoms with Crippen molar-refractivity contribution in [1.82, 2.24) is 20.1 Å². The van der Waals surface area contributed by atoms with Crippen molar-refractivity contribution >= 4 is 45.6 Å². The first-order valence-electron chi connectivity index (χ1n) is 12.9. The molecule has 1 aliphatic heterocycles. The van der Waals surface area contributed by atoms with Gasteiger partial charge in [0.1, 0.15) is 6.07 Å². The quantitative estimate of drug-likeness (QED) is 0.256. The summed E-state index contributed by atoms with van der Waals surface area (Å²) >= 11 is 8.42. The number of anilines is 2. The zero-order valence-electron chi connectivity index (χ0n) is 23.3. The Morgan fingerprint density at radius 3 is 2.69 bits per heavy atom. The number of ether oxygens (including phenoxy) is 2. The van der Waals surface area contributed by atoms with Crippen molar-refractivity contribution in [3.8, 4) is 17.6 Å². The van der Waals surface area contributed by atoms with Gasteiger partial charge in [-0.3, -0.25) is 4.98 Å². The van der Waals surface area contributed by atoms with Crippen LogP contribution in [0.5, 0.6) is 11.5 Å². The highest BCUT2D eigenvalue weighted by Crippen LogP contribution is 2.40. The molecular formula is C29H35ClN6O2S. The number of allylic oxidation sites excluding steroid dienone is 2. The van der Waals surface area contributed by atoms with Crippen molar-refractivity contribution < 1.29 is 9.47 Å². The summed E-state index contributed by atoms with van der Waals surface area (Å²) in [5.41, 5.74) is 5.04. The zero-order chi connectivity index (χ0) is 28.1. The second kappa shape index (κ2) is 12.7. The van der Waals surface area contributed by atoms with Crippen LogP contribution in [-0.4, -0.2) is 61.2 Å². The highest BCUT2D eigenvalue weighted by molar-refractivity contribution is 8.00. The predicted molar refractivity (Wildman–Crippen MR) is 160 cm³/mol. The number of nitrogens with zero attached hydrogens (tertiary/aromatic N) is 4. The largest absolute Gasteiger partial charge is 0.493 e. The molecule has 8 nitrogen and oxygen atoms in total. The van der Waals surface area contributed by atoms with Gasteiger partial charge in [0, 0.05) is 52.7 Å². The first-order chi connectivity index (χ1) is 18.7. The number of halogens is 1. The van der Waals surface area contributed by atoms with Crippen molar-refractivity contribution in [1.29, 1.82) is 5.26 Å². The molecule has 0 bridgehead atoms. The summed E-state index contributed by atoms with van der Waals surface area (Å²) in [6, 6.07) is 11.8. The lowest BCUT2D eigenvalue weighted by Crippen LogP contribution is -2.33. The van der Waals surface area contributed by atoms with E-state index in [1.807, 2.05) is 44.4 Å². The molecule has 0 amide bonds. The van der Waals surface area contributed by atoms with Gasteiger partial charge in [-0.15, -0.1) is 0 Å². The molecule has 0 saturated carbocycles. The summed E-state index contributed by atoms with van der Waals surface area (Å²) in [6.45, 7) is 8.76. The third-order valence-corrected chi connectivity index (χ3v) is 8.29. The number of aromatic nitrogens is 1. The Morgan fingerprint density at radius 1 is 1.23 bits per heavy atom. The van der Waals surface area contributed by atoms with Crippen molar-refractivity contribution in [2.45, 2.75) is 37.6 Å². The molecule has 0 spiro atoms. The van der Waals surface area contributed by atoms with Crippen LogP contribution in [0.1, 0.15) is 32.8 Å². The molecule has 4 rings (SSSR count). The number of hydrogen-bond acceptors (Lipinski definition) is 9. The average molecular weight is 567 g/mol. The van der Waals surface area contributed by atoms with Gasteiger partial charge in [0.05, 0.1) is 35.5 Å². The van der Waals surface area contributed by atoms with E-state index in [9.17, 15) is 5.26 Å². The first-order valence-corrected chi connectivity index (χ1v) is 14.1. The number of pyridine rings is 1. The minimum atomic E-state index is 0.0902. The monoisotopic (exact) mass is 566 g/mol. The molecule has 2 N–H and O–H groups in total. The molecule has 0 saturated heterocycles. The molecule has 0 fully saturated rings. The maximum Gasteiger partial charge on any atom is 0.163 e. The molecule has 0 aliphatic carbocycles. The van der Waals surface area contributed by atoms with Crippen LogP contribution < -0.4 is 20.1 Å². The maximum absolute atomic E-state index is 9.84. The Hall–Kier alpha value is -3.32. The second-order valence-corrected chi connectivity index (χ2v) is 11.1. The molecule has 206 valence electrons. The fraction of sp³-hybridized carbons (Fsp3) is 0.379. The third-order valence-electron chi connectivity index (χ3n) is 6.66. The maximum atomic E-state index is 9.84. The fourth-order valence-corrected chi connectivity index (χ4v) is 5.99. The van der Waals surface area contributed by atoms with E-state index in [1.54, 1.807) is 25.1 Å². The van der Waals surface area contributed by atoms with Gasteiger partial charge in [-0.05, 0) is 65.6 Å². The summed E-state index contributed by atoms with van der Waals surface area (Å²) in [5, 5.41) is 18.2. The van der Waals surface area contributed by atoms with Gasteiger partial charge in [0.2, 0.25) is 0 Å². The van der Waals surface area contributed by atoms with Crippen molar-refractivity contribution in [3.05, 3.63) is 58.5 Å². The van der Waals surface area contributed by atoms with Gasteiger partial charge in [-0.1, -0.05) is 23.4 Å². The molecule has 2 aromatic carbocycles. The fourth-order valence-electron chi connectivity index (χ4n) is 4.45. The van der Waals surface area contributed by atoms with Crippen LogP contribution in [0.25, 0.3) is 10.9 Å². The Bertz CT molecular complexity index is 1420. The van der Waals surface area contributed by atoms with Crippen LogP contribution in [0, 0.1) is 11.3 Å². The summed E-state index contributed by atoms with van der Waals surface area (Å²) in [4.78, 5) is 9.92. The normalized spacial score (nSPS) is 15.1. The number of nitriles is 1. The average Bonchev–Trinajstić information content (AvgIpc) is 3.19. The van der Waals surface area contributed by atoms with E-state index in [0.29, 0.717) is 39.9 Å². The van der Waals surface area contributed by atoms with E-state index < -0.39 is 0 Å². The summed E-state index contributed by atoms with van der Waals surface area (Å²) in [5.74, 6) is 1.21. The minimum Gasteiger partial charge on any atom is -0.493 e. The second-order valence-electron chi connectivity index (χ2n) is 9.57. The van der Waals surface area contributed by atoms with Crippen LogP contribution in [0.4, 0.5) is 11.4 Å². The van der Waals surface area contributed by atoms with E-state index in [2.05, 4.69) is 52.3 Å². The highest BCUT2D eigenvalue weighted by atomic mass is 35.5. The number of rotatable bonds is 11. The number of thioether (sulfide) groups is 1. The molecule has 1 aromatic heterocycles. The zero-order valence-corrected chi connectivity index (χ0v) is 24.8. The molecule has 39 heavy (non-hydrogen) atoms. The number of hydrogen-bond donors (Lipinski definition) is 2. The van der Waals surface area contributed by atoms with Crippen LogP contribution >= 0.6 is 23.4 Å². The van der Waals surface area contributed by atoms with E-state index in [1.165, 1.54) is 11.4 Å². The molecular weight excluding hydrogens is 532 g/mol. The van der Waals surface area contributed by atoms with E-state index in [4.69, 9.17) is 21.1 Å². The smallest absolute Gasteiger partial charge is 0.163 e. The van der Waals surface area contributed by atoms with E-state index in [0.717, 1.165) is 35.5 Å². The topological polar surface area (TPSA) is 85.7 Å². The predicted octanol–water partition coefficient (Wildman–Crippen LogP) is 6.39. The van der Waals surface area contributed by atoms with Crippen molar-refractivity contribution in [2.75, 3.05) is 46.2 Å². The Balaban J connectivity index is 1.59. The number of methoxy groups -OCH3 is 1. The first kappa shape index (κ1) is 28.7. The van der Waals surface area contributed by atoms with Gasteiger partial charge < -0.3 is 29.9 Å². The molecule has 1 atom stereocenters. The van der Waals surface area contributed by atoms with Gasteiger partial charge >= 0.3 is 0 Å². The van der Waals surface area contributed by atoms with Crippen LogP contribution in [0.15, 0.2) is 52.8 Å². The summed E-state index contributed by atoms with van der Waals surface area (Å²) < 4.78 is 11.6. The lowest BCUT2D eigenvalue weighted by atomic mass is 10.1. The Kier molecular flexibility index (Phi) is 9.33. The van der Waals surface area contributed by atoms with E-state index in [-0.39, 0.29) is 5.50 Å². The third kappa shape index (κ3) is 6.47. The standard InChI is InChI=1S/C29H35ClN6O2S/c1-7-36-19(3)18(2)33-29(36)39-27-10-9-21(13-23(27)30)34-28-20(16-31)17-32-24-15-26(25(37-6)14-22(24)28)38-12-8-11-35(4)5/h9-10,13-15,17,29,33H,7-8,11-12H2,1-6H3,(H,32,34). The lowest BCUT2D eigenvalue weighted by Gasteiger charge is -2.26. The lowest BCUT2D eigenvalue weighted by molar-refractivity contribution is 0.268. The minimum absolute atomic E-state index is 0.0902. The molecule has 3 aromatic rings. The molecule has 1 unspecified atom stereocenters. The van der Waals surface area contributed by atoms with Crippen molar-refractivity contribution in [3.63, 3.8) is 0 Å². The molecule has 10 heteroatoms. The van der Waals surface area contributed by atoms with Crippen molar-refractivity contribution in [2.24, 2.45) is 0 Å². The molecule has 1 aliphatic rings. The van der Waals surface area contributed by atoms with Gasteiger partial charge in [0.25, 0.3) is 0 Å². The SMILES string of the molecule is CCN1C(C)=C(C)NC1Sc1ccc(Nc2c(C#N)cnc3cc(OCCCN(C)C)c(OC)cc23)cc1Cl. The van der Waals surface area contributed by atoms with Gasteiger partial charge in [-0.25, -0.2) is 0 Å². The summed E-state index contributed by atoms with van der Waals surface area (Å²) in [7, 11) is 5.68. The number of nitrogens with one attached hydrogen (secondary N) is 2. The van der Waals surface area contributed by atoms with Crippen LogP contribution in [-0.2, 0) is 0 Å². The van der Waals surface area contributed by atoms with Crippen LogP contribution in [0.3, 0.4) is 0 Å². The summed E-state index contributed by atoms with van der Waals surface area (Å²) in [6.07, 6.45) is 2.46. The molecule has 2 heterocycles. The van der Waals surface area contributed by atoms with E-state index >= 15 is 0 Å². The number of fused-ring (bicyclic) bond motifs is 1. The Labute approximate surface area is 239 Å². The van der Waals surface area contributed by atoms with Crippen LogP contribution in [0.2, 0.25) is 5.02 Å². The van der Waals surface area contributed by atoms with Gasteiger partial charge in [-0.2, -0.15) is 5.26 Å². The molecule has 0 radical (unpaired) electrons. The Morgan fingerprint density at radius 2 is 2.03 bits per heavy atom. The van der Waals surface area contributed by atoms with Gasteiger partial charge in [0.15, 0.2) is 17.0 Å². The highest BCUT2D eigenvalue weighted by Gasteiger charge is 2.27.